The number of carbonyl (C=O) groups is 2. The molecule has 0 unspecified atom stereocenters. The molecule has 37 heavy (non-hydrogen) atoms. The summed E-state index contributed by atoms with van der Waals surface area (Å²) in [7, 11) is 0.156. The van der Waals surface area contributed by atoms with E-state index in [0.29, 0.717) is 37.3 Å². The van der Waals surface area contributed by atoms with Crippen LogP contribution in [0.15, 0.2) is 36.7 Å². The summed E-state index contributed by atoms with van der Waals surface area (Å²) in [6.45, 7) is 1.41. The number of benzene rings is 1. The van der Waals surface area contributed by atoms with Crippen molar-refractivity contribution in [3.63, 3.8) is 0 Å². The van der Waals surface area contributed by atoms with Gasteiger partial charge in [-0.15, -0.1) is 0 Å². The molecular formula is C25H27ClN4O6S. The van der Waals surface area contributed by atoms with E-state index in [9.17, 15) is 18.0 Å². The molecule has 0 radical (unpaired) electrons. The Bertz CT molecular complexity index is 1490. The molecule has 0 aliphatic carbocycles. The van der Waals surface area contributed by atoms with Gasteiger partial charge in [0.2, 0.25) is 5.88 Å². The first-order valence-electron chi connectivity index (χ1n) is 11.8. The molecule has 2 aliphatic rings. The number of methoxy groups -OCH3 is 1. The van der Waals surface area contributed by atoms with Crippen LogP contribution >= 0.6 is 11.6 Å². The number of sulfone groups is 1. The van der Waals surface area contributed by atoms with Gasteiger partial charge in [-0.3, -0.25) is 9.59 Å². The number of ether oxygens (including phenoxy) is 2. The second-order valence-corrected chi connectivity index (χ2v) is 11.8. The predicted octanol–water partition coefficient (Wildman–Crippen LogP) is 2.15. The first-order chi connectivity index (χ1) is 17.7. The van der Waals surface area contributed by atoms with E-state index in [1.54, 1.807) is 23.1 Å². The summed E-state index contributed by atoms with van der Waals surface area (Å²) in [5.74, 6) is -0.523. The molecule has 2 aromatic heterocycles. The Hall–Kier alpha value is -3.15. The first-order valence-corrected chi connectivity index (χ1v) is 14.0. The van der Waals surface area contributed by atoms with Crippen LogP contribution in [0.5, 0.6) is 5.88 Å². The molecule has 3 aromatic rings. The quantitative estimate of drug-likeness (QED) is 0.482. The third-order valence-electron chi connectivity index (χ3n) is 6.82. The van der Waals surface area contributed by atoms with E-state index >= 15 is 0 Å². The summed E-state index contributed by atoms with van der Waals surface area (Å²) < 4.78 is 36.5. The maximum Gasteiger partial charge on any atom is 0.255 e. The molecule has 0 bridgehead atoms. The lowest BCUT2D eigenvalue weighted by atomic mass is 10.0. The first kappa shape index (κ1) is 25.5. The van der Waals surface area contributed by atoms with Crippen molar-refractivity contribution in [2.24, 2.45) is 7.05 Å². The fourth-order valence-electron chi connectivity index (χ4n) is 4.93. The highest BCUT2D eigenvalue weighted by atomic mass is 35.5. The van der Waals surface area contributed by atoms with Gasteiger partial charge in [0, 0.05) is 49.0 Å². The van der Waals surface area contributed by atoms with Gasteiger partial charge in [0.15, 0.2) is 9.84 Å². The number of aryl methyl sites for hydroxylation is 1. The summed E-state index contributed by atoms with van der Waals surface area (Å²) in [5.41, 5.74) is 2.69. The van der Waals surface area contributed by atoms with Crippen molar-refractivity contribution in [1.82, 2.24) is 19.4 Å². The highest BCUT2D eigenvalue weighted by molar-refractivity contribution is 7.91. The van der Waals surface area contributed by atoms with E-state index in [4.69, 9.17) is 21.1 Å². The SMILES string of the molecule is COc1ncc(C(=O)N2CCOC[C@@H]2Cc2cn(C)c3ccc(C(=O)N4CCS(=O)(=O)C4)cc23)cc1Cl. The normalized spacial score (nSPS) is 19.4. The molecule has 0 spiro atoms. The zero-order chi connectivity index (χ0) is 26.3. The summed E-state index contributed by atoms with van der Waals surface area (Å²) in [6, 6.07) is 6.70. The van der Waals surface area contributed by atoms with Crippen LogP contribution in [0.1, 0.15) is 26.3 Å². The number of fused-ring (bicyclic) bond motifs is 1. The number of amides is 2. The molecular weight excluding hydrogens is 520 g/mol. The lowest BCUT2D eigenvalue weighted by molar-refractivity contribution is -0.00158. The van der Waals surface area contributed by atoms with Crippen molar-refractivity contribution in [3.8, 4) is 5.88 Å². The smallest absolute Gasteiger partial charge is 0.255 e. The molecule has 2 saturated heterocycles. The third-order valence-corrected chi connectivity index (χ3v) is 8.60. The molecule has 196 valence electrons. The van der Waals surface area contributed by atoms with Crippen LogP contribution in [-0.2, 0) is 28.0 Å². The monoisotopic (exact) mass is 546 g/mol. The van der Waals surface area contributed by atoms with Crippen molar-refractivity contribution in [1.29, 1.82) is 0 Å². The van der Waals surface area contributed by atoms with E-state index in [1.165, 1.54) is 18.2 Å². The Kier molecular flexibility index (Phi) is 6.86. The molecule has 2 amide bonds. The molecule has 1 atom stereocenters. The highest BCUT2D eigenvalue weighted by Crippen LogP contribution is 2.28. The fourth-order valence-corrected chi connectivity index (χ4v) is 6.52. The molecule has 2 aliphatic heterocycles. The van der Waals surface area contributed by atoms with Crippen LogP contribution in [-0.4, -0.2) is 90.7 Å². The Morgan fingerprint density at radius 2 is 2.00 bits per heavy atom. The zero-order valence-electron chi connectivity index (χ0n) is 20.5. The van der Waals surface area contributed by atoms with Gasteiger partial charge in [-0.2, -0.15) is 0 Å². The van der Waals surface area contributed by atoms with Crippen molar-refractivity contribution >= 4 is 44.2 Å². The molecule has 0 saturated carbocycles. The topological polar surface area (TPSA) is 111 Å². The lowest BCUT2D eigenvalue weighted by Crippen LogP contribution is -2.49. The van der Waals surface area contributed by atoms with Gasteiger partial charge >= 0.3 is 0 Å². The van der Waals surface area contributed by atoms with Crippen LogP contribution in [0.3, 0.4) is 0 Å². The van der Waals surface area contributed by atoms with Gasteiger partial charge in [0.05, 0.1) is 37.7 Å². The highest BCUT2D eigenvalue weighted by Gasteiger charge is 2.32. The molecule has 5 rings (SSSR count). The van der Waals surface area contributed by atoms with Gasteiger partial charge in [-0.25, -0.2) is 13.4 Å². The maximum absolute atomic E-state index is 13.4. The molecule has 10 nitrogen and oxygen atoms in total. The van der Waals surface area contributed by atoms with Crippen molar-refractivity contribution in [2.75, 3.05) is 45.0 Å². The second-order valence-electron chi connectivity index (χ2n) is 9.29. The van der Waals surface area contributed by atoms with Gasteiger partial charge in [-0.05, 0) is 36.2 Å². The zero-order valence-corrected chi connectivity index (χ0v) is 22.1. The van der Waals surface area contributed by atoms with E-state index in [2.05, 4.69) is 4.98 Å². The Morgan fingerprint density at radius 1 is 1.19 bits per heavy atom. The average Bonchev–Trinajstić information content (AvgIpc) is 3.41. The summed E-state index contributed by atoms with van der Waals surface area (Å²) >= 11 is 6.20. The minimum Gasteiger partial charge on any atom is -0.480 e. The Morgan fingerprint density at radius 3 is 2.70 bits per heavy atom. The van der Waals surface area contributed by atoms with Crippen LogP contribution < -0.4 is 4.74 Å². The van der Waals surface area contributed by atoms with Crippen molar-refractivity contribution < 1.29 is 27.5 Å². The molecule has 0 N–H and O–H groups in total. The van der Waals surface area contributed by atoms with Crippen molar-refractivity contribution in [3.05, 3.63) is 58.4 Å². The van der Waals surface area contributed by atoms with Crippen LogP contribution in [0.4, 0.5) is 0 Å². The van der Waals surface area contributed by atoms with Crippen LogP contribution in [0, 0.1) is 0 Å². The number of hydrogen-bond acceptors (Lipinski definition) is 7. The predicted molar refractivity (Wildman–Crippen MR) is 138 cm³/mol. The van der Waals surface area contributed by atoms with Gasteiger partial charge in [0.1, 0.15) is 10.9 Å². The molecule has 4 heterocycles. The van der Waals surface area contributed by atoms with E-state index in [-0.39, 0.29) is 46.9 Å². The maximum atomic E-state index is 13.4. The fraction of sp³-hybridized carbons (Fsp3) is 0.400. The van der Waals surface area contributed by atoms with E-state index in [0.717, 1.165) is 16.5 Å². The summed E-state index contributed by atoms with van der Waals surface area (Å²) in [5, 5.41) is 1.14. The summed E-state index contributed by atoms with van der Waals surface area (Å²) in [4.78, 5) is 33.7. The Labute approximate surface area is 219 Å². The van der Waals surface area contributed by atoms with Gasteiger partial charge in [-0.1, -0.05) is 11.6 Å². The van der Waals surface area contributed by atoms with E-state index < -0.39 is 9.84 Å². The number of carbonyl (C=O) groups excluding carboxylic acids is 2. The molecule has 1 aromatic carbocycles. The van der Waals surface area contributed by atoms with E-state index in [1.807, 2.05) is 23.9 Å². The number of morpholine rings is 1. The third kappa shape index (κ3) is 5.03. The number of pyridine rings is 1. The number of nitrogens with zero attached hydrogens (tertiary/aromatic N) is 4. The lowest BCUT2D eigenvalue weighted by Gasteiger charge is -2.35. The number of hydrogen-bond donors (Lipinski definition) is 0. The number of aromatic nitrogens is 2. The van der Waals surface area contributed by atoms with Gasteiger partial charge in [0.25, 0.3) is 11.8 Å². The standard InChI is InChI=1S/C25H27ClN4O6S/c1-28-13-18(20-10-16(3-4-22(20)28)24(31)29-6-8-37(33,34)15-29)9-19-14-36-7-5-30(19)25(32)17-11-21(26)23(35-2)27-12-17/h3-4,10-13,19H,5-9,14-15H2,1-2H3/t19-/m0/s1. The van der Waals surface area contributed by atoms with Crippen molar-refractivity contribution in [2.45, 2.75) is 12.5 Å². The number of halogens is 1. The molecule has 12 heteroatoms. The Balaban J connectivity index is 1.42. The number of rotatable bonds is 5. The second kappa shape index (κ2) is 9.96. The minimum absolute atomic E-state index is 0.0158. The van der Waals surface area contributed by atoms with Gasteiger partial charge < -0.3 is 23.8 Å². The van der Waals surface area contributed by atoms with Crippen LogP contribution in [0.25, 0.3) is 10.9 Å². The minimum atomic E-state index is -3.23. The van der Waals surface area contributed by atoms with Crippen LogP contribution in [0.2, 0.25) is 5.02 Å². The average molecular weight is 547 g/mol. The largest absolute Gasteiger partial charge is 0.480 e. The molecule has 2 fully saturated rings. The summed E-state index contributed by atoms with van der Waals surface area (Å²) in [6.07, 6.45) is 3.95.